The minimum atomic E-state index is -3.86. The van der Waals surface area contributed by atoms with Gasteiger partial charge in [0.25, 0.3) is 0 Å². The van der Waals surface area contributed by atoms with Gasteiger partial charge in [0.05, 0.1) is 11.9 Å². The van der Waals surface area contributed by atoms with Gasteiger partial charge in [-0.25, -0.2) is 8.42 Å². The number of halogens is 2. The maximum Gasteiger partial charge on any atom is 0.244 e. The lowest BCUT2D eigenvalue weighted by molar-refractivity contribution is -0.140. The highest BCUT2D eigenvalue weighted by atomic mass is 79.9. The molecular formula is C29H33BrClN3O4S. The Bertz CT molecular complexity index is 1390. The van der Waals surface area contributed by atoms with Crippen LogP contribution in [-0.2, 0) is 32.6 Å². The summed E-state index contributed by atoms with van der Waals surface area (Å²) >= 11 is 9.71. The summed E-state index contributed by atoms with van der Waals surface area (Å²) in [6.07, 6.45) is 2.06. The van der Waals surface area contributed by atoms with Gasteiger partial charge in [-0.1, -0.05) is 83.0 Å². The van der Waals surface area contributed by atoms with Crippen molar-refractivity contribution in [1.82, 2.24) is 10.2 Å². The molecule has 7 nitrogen and oxygen atoms in total. The van der Waals surface area contributed by atoms with Crippen LogP contribution in [0.25, 0.3) is 0 Å². The van der Waals surface area contributed by atoms with Crippen LogP contribution < -0.4 is 9.62 Å². The quantitative estimate of drug-likeness (QED) is 0.291. The first-order chi connectivity index (χ1) is 18.5. The fourth-order valence-corrected chi connectivity index (χ4v) is 5.50. The summed E-state index contributed by atoms with van der Waals surface area (Å²) in [5.41, 5.74) is 2.54. The lowest BCUT2D eigenvalue weighted by atomic mass is 10.0. The van der Waals surface area contributed by atoms with Gasteiger partial charge < -0.3 is 10.2 Å². The number of rotatable bonds is 12. The zero-order valence-electron chi connectivity index (χ0n) is 22.2. The van der Waals surface area contributed by atoms with Crippen LogP contribution in [0.1, 0.15) is 30.0 Å². The summed E-state index contributed by atoms with van der Waals surface area (Å²) in [6.45, 7) is 3.75. The Kier molecular flexibility index (Phi) is 11.0. The van der Waals surface area contributed by atoms with Gasteiger partial charge in [0.2, 0.25) is 21.8 Å². The average Bonchev–Trinajstić information content (AvgIpc) is 2.90. The molecule has 0 unspecified atom stereocenters. The van der Waals surface area contributed by atoms with Crippen molar-refractivity contribution in [1.29, 1.82) is 0 Å². The van der Waals surface area contributed by atoms with Gasteiger partial charge in [-0.05, 0) is 54.3 Å². The molecule has 0 aliphatic rings. The number of amides is 2. The van der Waals surface area contributed by atoms with Crippen LogP contribution in [0.15, 0.2) is 77.3 Å². The number of nitrogens with one attached hydrogen (secondary N) is 1. The molecule has 0 saturated heterocycles. The highest BCUT2D eigenvalue weighted by Crippen LogP contribution is 2.28. The number of hydrogen-bond acceptors (Lipinski definition) is 4. The Morgan fingerprint density at radius 3 is 2.26 bits per heavy atom. The van der Waals surface area contributed by atoms with E-state index < -0.39 is 28.5 Å². The van der Waals surface area contributed by atoms with E-state index in [2.05, 4.69) is 21.2 Å². The van der Waals surface area contributed by atoms with Crippen molar-refractivity contribution >= 4 is 55.1 Å². The Balaban J connectivity index is 2.06. The van der Waals surface area contributed by atoms with E-state index in [4.69, 9.17) is 11.6 Å². The molecule has 0 spiro atoms. The summed E-state index contributed by atoms with van der Waals surface area (Å²) in [7, 11) is -3.86. The Labute approximate surface area is 244 Å². The Morgan fingerprint density at radius 2 is 1.64 bits per heavy atom. The smallest absolute Gasteiger partial charge is 0.244 e. The van der Waals surface area contributed by atoms with Crippen molar-refractivity contribution < 1.29 is 18.0 Å². The molecule has 10 heteroatoms. The van der Waals surface area contributed by atoms with E-state index in [0.29, 0.717) is 22.8 Å². The van der Waals surface area contributed by atoms with Crippen LogP contribution in [0.5, 0.6) is 0 Å². The lowest BCUT2D eigenvalue weighted by Crippen LogP contribution is -2.53. The van der Waals surface area contributed by atoms with E-state index in [0.717, 1.165) is 32.6 Å². The zero-order valence-corrected chi connectivity index (χ0v) is 25.4. The van der Waals surface area contributed by atoms with Crippen molar-refractivity contribution in [3.8, 4) is 0 Å². The number of benzene rings is 3. The number of carbonyl (C=O) groups is 2. The summed E-state index contributed by atoms with van der Waals surface area (Å²) in [4.78, 5) is 29.0. The van der Waals surface area contributed by atoms with Gasteiger partial charge in [-0.3, -0.25) is 13.9 Å². The third kappa shape index (κ3) is 8.55. The first-order valence-electron chi connectivity index (χ1n) is 12.6. The second kappa shape index (κ2) is 14.0. The van der Waals surface area contributed by atoms with E-state index in [-0.39, 0.29) is 18.9 Å². The van der Waals surface area contributed by atoms with Gasteiger partial charge in [0.1, 0.15) is 12.6 Å². The van der Waals surface area contributed by atoms with E-state index >= 15 is 0 Å². The monoisotopic (exact) mass is 633 g/mol. The number of nitrogens with zero attached hydrogens (tertiary/aromatic N) is 2. The summed E-state index contributed by atoms with van der Waals surface area (Å²) in [5.74, 6) is -0.800. The Morgan fingerprint density at radius 1 is 0.974 bits per heavy atom. The van der Waals surface area contributed by atoms with E-state index in [1.54, 1.807) is 25.1 Å². The van der Waals surface area contributed by atoms with E-state index in [9.17, 15) is 18.0 Å². The normalized spacial score (nSPS) is 12.0. The molecule has 0 heterocycles. The molecule has 208 valence electrons. The second-order valence-corrected chi connectivity index (χ2v) is 12.5. The predicted molar refractivity (Wildman–Crippen MR) is 160 cm³/mol. The molecule has 0 radical (unpaired) electrons. The fourth-order valence-electron chi connectivity index (χ4n) is 4.17. The highest BCUT2D eigenvalue weighted by Gasteiger charge is 2.33. The van der Waals surface area contributed by atoms with Gasteiger partial charge in [0.15, 0.2) is 0 Å². The molecule has 0 aromatic heterocycles. The van der Waals surface area contributed by atoms with Crippen LogP contribution in [0.2, 0.25) is 5.02 Å². The van der Waals surface area contributed by atoms with Gasteiger partial charge in [0, 0.05) is 29.0 Å². The van der Waals surface area contributed by atoms with Gasteiger partial charge in [-0.15, -0.1) is 0 Å². The summed E-state index contributed by atoms with van der Waals surface area (Å²) < 4.78 is 27.8. The number of anilines is 1. The van der Waals surface area contributed by atoms with Crippen LogP contribution in [-0.4, -0.2) is 50.5 Å². The molecule has 0 bridgehead atoms. The first kappa shape index (κ1) is 30.7. The average molecular weight is 635 g/mol. The minimum Gasteiger partial charge on any atom is -0.354 e. The molecule has 3 aromatic rings. The third-order valence-electron chi connectivity index (χ3n) is 6.27. The fraction of sp³-hybridized carbons (Fsp3) is 0.310. The molecule has 2 amide bonds. The van der Waals surface area contributed by atoms with Crippen molar-refractivity contribution in [3.05, 3.63) is 99.0 Å². The van der Waals surface area contributed by atoms with Crippen molar-refractivity contribution in [2.75, 3.05) is 23.7 Å². The van der Waals surface area contributed by atoms with Crippen LogP contribution in [0.4, 0.5) is 5.69 Å². The van der Waals surface area contributed by atoms with Crippen molar-refractivity contribution in [2.45, 2.75) is 39.3 Å². The van der Waals surface area contributed by atoms with E-state index in [1.165, 1.54) is 4.90 Å². The lowest BCUT2D eigenvalue weighted by Gasteiger charge is -2.34. The molecule has 3 rings (SSSR count). The van der Waals surface area contributed by atoms with Crippen LogP contribution >= 0.6 is 27.5 Å². The second-order valence-electron chi connectivity index (χ2n) is 9.30. The molecule has 0 fully saturated rings. The molecule has 0 saturated carbocycles. The van der Waals surface area contributed by atoms with Crippen LogP contribution in [0, 0.1) is 6.92 Å². The maximum atomic E-state index is 14.0. The SMILES string of the molecule is CCCNC(=O)[C@@H](Cc1ccccc1)N(Cc1ccc(Br)cc1)C(=O)CN(c1cccc(Cl)c1C)S(C)(=O)=O. The van der Waals surface area contributed by atoms with Crippen molar-refractivity contribution in [3.63, 3.8) is 0 Å². The van der Waals surface area contributed by atoms with E-state index in [1.807, 2.05) is 61.5 Å². The summed E-state index contributed by atoms with van der Waals surface area (Å²) in [6, 6.07) is 21.0. The molecule has 3 aromatic carbocycles. The molecule has 0 aliphatic carbocycles. The standard InChI is InChI=1S/C29H33BrClN3O4S/c1-4-17-32-29(36)27(18-22-9-6-5-7-10-22)33(19-23-13-15-24(30)16-14-23)28(35)20-34(39(3,37)38)26-12-8-11-25(31)21(26)2/h5-16,27H,4,17-20H2,1-3H3,(H,32,36)/t27-/m1/s1. The topological polar surface area (TPSA) is 86.8 Å². The zero-order chi connectivity index (χ0) is 28.6. The number of sulfonamides is 1. The molecule has 1 atom stereocenters. The Hall–Kier alpha value is -2.88. The maximum absolute atomic E-state index is 14.0. The largest absolute Gasteiger partial charge is 0.354 e. The number of carbonyl (C=O) groups excluding carboxylic acids is 2. The molecule has 1 N–H and O–H groups in total. The van der Waals surface area contributed by atoms with Gasteiger partial charge in [-0.2, -0.15) is 0 Å². The van der Waals surface area contributed by atoms with Crippen LogP contribution in [0.3, 0.4) is 0 Å². The molecule has 0 aliphatic heterocycles. The first-order valence-corrected chi connectivity index (χ1v) is 15.6. The van der Waals surface area contributed by atoms with Crippen molar-refractivity contribution in [2.24, 2.45) is 0 Å². The molecular weight excluding hydrogens is 602 g/mol. The highest BCUT2D eigenvalue weighted by molar-refractivity contribution is 9.10. The van der Waals surface area contributed by atoms with Gasteiger partial charge >= 0.3 is 0 Å². The molecule has 39 heavy (non-hydrogen) atoms. The predicted octanol–water partition coefficient (Wildman–Crippen LogP) is 5.34. The number of hydrogen-bond donors (Lipinski definition) is 1. The minimum absolute atomic E-state index is 0.120. The third-order valence-corrected chi connectivity index (χ3v) is 8.34. The summed E-state index contributed by atoms with van der Waals surface area (Å²) in [5, 5.41) is 3.32.